The number of morpholine rings is 1. The Morgan fingerprint density at radius 2 is 2.00 bits per heavy atom. The zero-order valence-corrected chi connectivity index (χ0v) is 21.7. The summed E-state index contributed by atoms with van der Waals surface area (Å²) in [5.74, 6) is 2.65. The van der Waals surface area contributed by atoms with Crippen LogP contribution in [0.1, 0.15) is 38.9 Å². The molecule has 1 aromatic rings. The molecule has 8 heteroatoms. The van der Waals surface area contributed by atoms with E-state index in [4.69, 9.17) is 14.1 Å². The van der Waals surface area contributed by atoms with Gasteiger partial charge in [0.1, 0.15) is 5.76 Å². The molecule has 2 saturated heterocycles. The standard InChI is InChI=1S/C23H41N5O2.HI/c1-20(2)19-28-12-3-6-21(28)18-26-23(25-10-8-22-7-4-15-30-22)24-9-5-11-27-13-16-29-17-14-27;/h4,7,15,20-21H,3,5-6,8-14,16-19H2,1-2H3,(H2,24,25,26);1H/t21-;/m1./s1. The number of rotatable bonds is 11. The lowest BCUT2D eigenvalue weighted by molar-refractivity contribution is 0.0376. The number of hydrogen-bond acceptors (Lipinski definition) is 5. The molecule has 0 unspecified atom stereocenters. The van der Waals surface area contributed by atoms with Crippen LogP contribution in [0.5, 0.6) is 0 Å². The lowest BCUT2D eigenvalue weighted by Gasteiger charge is -2.26. The quantitative estimate of drug-likeness (QED) is 0.192. The summed E-state index contributed by atoms with van der Waals surface area (Å²) in [7, 11) is 0. The fraction of sp³-hybridized carbons (Fsp3) is 0.783. The van der Waals surface area contributed by atoms with E-state index >= 15 is 0 Å². The first kappa shape index (κ1) is 26.4. The molecule has 3 rings (SSSR count). The van der Waals surface area contributed by atoms with E-state index in [9.17, 15) is 0 Å². The van der Waals surface area contributed by atoms with Crippen LogP contribution in [0.3, 0.4) is 0 Å². The first-order valence-electron chi connectivity index (χ1n) is 11.8. The van der Waals surface area contributed by atoms with Gasteiger partial charge in [-0.1, -0.05) is 13.8 Å². The number of aliphatic imine (C=N–C) groups is 1. The fourth-order valence-electron chi connectivity index (χ4n) is 4.28. The number of halogens is 1. The molecular weight excluding hydrogens is 505 g/mol. The van der Waals surface area contributed by atoms with Crippen LogP contribution in [-0.2, 0) is 11.2 Å². The fourth-order valence-corrected chi connectivity index (χ4v) is 4.28. The maximum atomic E-state index is 5.45. The first-order valence-corrected chi connectivity index (χ1v) is 11.8. The molecule has 2 fully saturated rings. The average molecular weight is 548 g/mol. The smallest absolute Gasteiger partial charge is 0.191 e. The molecule has 31 heavy (non-hydrogen) atoms. The minimum atomic E-state index is 0. The molecule has 1 atom stereocenters. The molecule has 0 aliphatic carbocycles. The van der Waals surface area contributed by atoms with E-state index in [0.717, 1.165) is 77.0 Å². The van der Waals surface area contributed by atoms with Crippen molar-refractivity contribution in [3.8, 4) is 0 Å². The normalized spacial score (nSPS) is 20.7. The lowest BCUT2D eigenvalue weighted by atomic mass is 10.2. The van der Waals surface area contributed by atoms with Gasteiger partial charge < -0.3 is 19.8 Å². The van der Waals surface area contributed by atoms with E-state index in [1.165, 1.54) is 25.9 Å². The maximum absolute atomic E-state index is 5.45. The molecular formula is C23H42IN5O2. The zero-order valence-electron chi connectivity index (χ0n) is 19.4. The van der Waals surface area contributed by atoms with E-state index in [2.05, 4.69) is 34.3 Å². The highest BCUT2D eigenvalue weighted by Gasteiger charge is 2.24. The van der Waals surface area contributed by atoms with E-state index in [1.54, 1.807) is 6.26 Å². The molecule has 0 bridgehead atoms. The third-order valence-electron chi connectivity index (χ3n) is 5.85. The van der Waals surface area contributed by atoms with Crippen molar-refractivity contribution in [3.63, 3.8) is 0 Å². The number of nitrogens with zero attached hydrogens (tertiary/aromatic N) is 3. The summed E-state index contributed by atoms with van der Waals surface area (Å²) in [5.41, 5.74) is 0. The van der Waals surface area contributed by atoms with E-state index < -0.39 is 0 Å². The summed E-state index contributed by atoms with van der Waals surface area (Å²) in [6.45, 7) is 14.6. The van der Waals surface area contributed by atoms with Crippen LogP contribution in [0.4, 0.5) is 0 Å². The second-order valence-electron chi connectivity index (χ2n) is 8.86. The van der Waals surface area contributed by atoms with Crippen LogP contribution in [0.15, 0.2) is 27.8 Å². The Kier molecular flexibility index (Phi) is 12.8. The molecule has 0 saturated carbocycles. The Labute approximate surface area is 205 Å². The molecule has 2 aliphatic rings. The van der Waals surface area contributed by atoms with Gasteiger partial charge in [0.2, 0.25) is 0 Å². The highest BCUT2D eigenvalue weighted by Crippen LogP contribution is 2.18. The first-order chi connectivity index (χ1) is 14.7. The van der Waals surface area contributed by atoms with Gasteiger partial charge in [-0.2, -0.15) is 0 Å². The highest BCUT2D eigenvalue weighted by molar-refractivity contribution is 14.0. The largest absolute Gasteiger partial charge is 0.469 e. The average Bonchev–Trinajstić information content (AvgIpc) is 3.41. The van der Waals surface area contributed by atoms with Crippen molar-refractivity contribution in [1.29, 1.82) is 0 Å². The third kappa shape index (κ3) is 10.1. The molecule has 0 radical (unpaired) electrons. The van der Waals surface area contributed by atoms with E-state index in [1.807, 2.05) is 12.1 Å². The summed E-state index contributed by atoms with van der Waals surface area (Å²) in [4.78, 5) is 10.1. The van der Waals surface area contributed by atoms with Gasteiger partial charge in [0, 0.05) is 45.2 Å². The number of likely N-dealkylation sites (tertiary alicyclic amines) is 1. The Hall–Kier alpha value is -0.840. The number of hydrogen-bond donors (Lipinski definition) is 2. The Balaban J connectivity index is 0.00000341. The highest BCUT2D eigenvalue weighted by atomic mass is 127. The van der Waals surface area contributed by atoms with Crippen molar-refractivity contribution in [1.82, 2.24) is 20.4 Å². The molecule has 0 amide bonds. The number of nitrogens with one attached hydrogen (secondary N) is 2. The van der Waals surface area contributed by atoms with Gasteiger partial charge in [-0.25, -0.2) is 0 Å². The summed E-state index contributed by atoms with van der Waals surface area (Å²) in [5, 5.41) is 7.05. The molecule has 0 aromatic carbocycles. The van der Waals surface area contributed by atoms with Crippen molar-refractivity contribution in [3.05, 3.63) is 24.2 Å². The van der Waals surface area contributed by atoms with Crippen molar-refractivity contribution in [2.75, 3.05) is 65.6 Å². The van der Waals surface area contributed by atoms with Crippen LogP contribution < -0.4 is 10.6 Å². The predicted molar refractivity (Wildman–Crippen MR) is 137 cm³/mol. The van der Waals surface area contributed by atoms with E-state index in [-0.39, 0.29) is 24.0 Å². The second kappa shape index (κ2) is 15.1. The Morgan fingerprint density at radius 3 is 2.74 bits per heavy atom. The van der Waals surface area contributed by atoms with Crippen LogP contribution in [0.25, 0.3) is 0 Å². The lowest BCUT2D eigenvalue weighted by Crippen LogP contribution is -2.42. The summed E-state index contributed by atoms with van der Waals surface area (Å²) in [6, 6.07) is 4.54. The van der Waals surface area contributed by atoms with Gasteiger partial charge in [-0.05, 0) is 50.4 Å². The summed E-state index contributed by atoms with van der Waals surface area (Å²) < 4.78 is 10.9. The monoisotopic (exact) mass is 547 g/mol. The SMILES string of the molecule is CC(C)CN1CCC[C@@H]1CN=C(NCCCN1CCOCC1)NCCc1ccco1.I. The summed E-state index contributed by atoms with van der Waals surface area (Å²) in [6.07, 6.45) is 6.26. The van der Waals surface area contributed by atoms with Crippen LogP contribution in [0.2, 0.25) is 0 Å². The van der Waals surface area contributed by atoms with Gasteiger partial charge in [0.15, 0.2) is 5.96 Å². The molecule has 2 N–H and O–H groups in total. The van der Waals surface area contributed by atoms with Crippen molar-refractivity contribution >= 4 is 29.9 Å². The van der Waals surface area contributed by atoms with Gasteiger partial charge in [0.25, 0.3) is 0 Å². The summed E-state index contributed by atoms with van der Waals surface area (Å²) >= 11 is 0. The Bertz CT molecular complexity index is 605. The zero-order chi connectivity index (χ0) is 21.0. The molecule has 0 spiro atoms. The van der Waals surface area contributed by atoms with Crippen molar-refractivity contribution in [2.45, 2.75) is 45.6 Å². The van der Waals surface area contributed by atoms with Gasteiger partial charge in [0.05, 0.1) is 26.0 Å². The molecule has 1 aromatic heterocycles. The van der Waals surface area contributed by atoms with Gasteiger partial charge >= 0.3 is 0 Å². The number of guanidine groups is 1. The molecule has 7 nitrogen and oxygen atoms in total. The second-order valence-corrected chi connectivity index (χ2v) is 8.86. The number of ether oxygens (including phenoxy) is 1. The predicted octanol–water partition coefficient (Wildman–Crippen LogP) is 2.82. The minimum absolute atomic E-state index is 0. The van der Waals surface area contributed by atoms with Gasteiger partial charge in [-0.15, -0.1) is 24.0 Å². The number of furan rings is 1. The minimum Gasteiger partial charge on any atom is -0.469 e. The molecule has 178 valence electrons. The van der Waals surface area contributed by atoms with E-state index in [0.29, 0.717) is 12.0 Å². The topological polar surface area (TPSA) is 65.3 Å². The third-order valence-corrected chi connectivity index (χ3v) is 5.85. The molecule has 3 heterocycles. The van der Waals surface area contributed by atoms with Crippen molar-refractivity contribution in [2.24, 2.45) is 10.9 Å². The van der Waals surface area contributed by atoms with Gasteiger partial charge in [-0.3, -0.25) is 14.8 Å². The van der Waals surface area contributed by atoms with Crippen LogP contribution in [0, 0.1) is 5.92 Å². The van der Waals surface area contributed by atoms with Crippen LogP contribution >= 0.6 is 24.0 Å². The Morgan fingerprint density at radius 1 is 1.19 bits per heavy atom. The van der Waals surface area contributed by atoms with Crippen molar-refractivity contribution < 1.29 is 9.15 Å². The maximum Gasteiger partial charge on any atom is 0.191 e. The van der Waals surface area contributed by atoms with Crippen LogP contribution in [-0.4, -0.2) is 87.4 Å². The molecule has 2 aliphatic heterocycles.